The zero-order valence-electron chi connectivity index (χ0n) is 22.0. The van der Waals surface area contributed by atoms with Gasteiger partial charge in [-0.05, 0) is 60.0 Å². The minimum Gasteiger partial charge on any atom is -0.397 e. The number of para-hydroxylation sites is 2. The number of nitrogens with zero attached hydrogens (tertiary/aromatic N) is 2. The monoisotopic (exact) mass is 536 g/mol. The third-order valence-electron chi connectivity index (χ3n) is 7.22. The standard InChI is InChI=1S/C31H32N6O3/c32-18-22-7-12-24(13-8-22)35-31(39)30(34-15-16-37-19-26-17-25(37)20-40-26)23-10-5-21(6-11-23)9-14-29(38)36-28-4-2-1-3-27(28)33/h1-14,25-26,30,34H,15-17,19-20,33H2,(H,35,39)(H,36,38). The molecule has 3 unspecified atom stereocenters. The van der Waals surface area contributed by atoms with E-state index in [0.29, 0.717) is 41.3 Å². The summed E-state index contributed by atoms with van der Waals surface area (Å²) in [5, 5.41) is 18.2. The second kappa shape index (κ2) is 12.6. The van der Waals surface area contributed by atoms with Crippen LogP contribution in [-0.4, -0.2) is 55.1 Å². The number of hydrogen-bond acceptors (Lipinski definition) is 7. The summed E-state index contributed by atoms with van der Waals surface area (Å²) in [5.41, 5.74) is 9.72. The number of anilines is 3. The predicted molar refractivity (Wildman–Crippen MR) is 155 cm³/mol. The van der Waals surface area contributed by atoms with E-state index in [2.05, 4.69) is 26.9 Å². The molecule has 0 saturated carbocycles. The molecule has 9 nitrogen and oxygen atoms in total. The molecule has 2 amide bonds. The van der Waals surface area contributed by atoms with Crippen molar-refractivity contribution in [3.63, 3.8) is 0 Å². The number of ether oxygens (including phenoxy) is 1. The van der Waals surface area contributed by atoms with Gasteiger partial charge in [0.2, 0.25) is 11.8 Å². The van der Waals surface area contributed by atoms with Gasteiger partial charge in [-0.15, -0.1) is 0 Å². The molecule has 0 spiro atoms. The van der Waals surface area contributed by atoms with Gasteiger partial charge in [0.05, 0.1) is 35.7 Å². The predicted octanol–water partition coefficient (Wildman–Crippen LogP) is 3.53. The van der Waals surface area contributed by atoms with E-state index < -0.39 is 6.04 Å². The Morgan fingerprint density at radius 3 is 2.52 bits per heavy atom. The number of likely N-dealkylation sites (tertiary alicyclic amines) is 1. The maximum atomic E-state index is 13.4. The van der Waals surface area contributed by atoms with Crippen molar-refractivity contribution in [2.24, 2.45) is 0 Å². The van der Waals surface area contributed by atoms with Gasteiger partial charge in [-0.25, -0.2) is 0 Å². The first-order valence-corrected chi connectivity index (χ1v) is 13.3. The van der Waals surface area contributed by atoms with E-state index in [1.165, 1.54) is 6.08 Å². The highest BCUT2D eigenvalue weighted by atomic mass is 16.5. The fourth-order valence-electron chi connectivity index (χ4n) is 5.07. The third kappa shape index (κ3) is 6.74. The number of carbonyl (C=O) groups excluding carboxylic acids is 2. The summed E-state index contributed by atoms with van der Waals surface area (Å²) in [6.45, 7) is 3.17. The molecular formula is C31H32N6O3. The molecule has 2 saturated heterocycles. The molecule has 5 rings (SSSR count). The average molecular weight is 537 g/mol. The van der Waals surface area contributed by atoms with Crippen LogP contribution < -0.4 is 21.7 Å². The zero-order valence-corrected chi connectivity index (χ0v) is 22.0. The van der Waals surface area contributed by atoms with Crippen LogP contribution in [0.25, 0.3) is 6.08 Å². The molecular weight excluding hydrogens is 504 g/mol. The molecule has 3 atom stereocenters. The van der Waals surface area contributed by atoms with E-state index >= 15 is 0 Å². The number of nitrogens with one attached hydrogen (secondary N) is 3. The van der Waals surface area contributed by atoms with E-state index in [4.69, 9.17) is 15.7 Å². The molecule has 0 aliphatic carbocycles. The fourth-order valence-corrected chi connectivity index (χ4v) is 5.07. The van der Waals surface area contributed by atoms with Crippen molar-refractivity contribution in [3.8, 4) is 6.07 Å². The summed E-state index contributed by atoms with van der Waals surface area (Å²) >= 11 is 0. The summed E-state index contributed by atoms with van der Waals surface area (Å²) in [7, 11) is 0. The second-order valence-electron chi connectivity index (χ2n) is 9.98. The highest BCUT2D eigenvalue weighted by Crippen LogP contribution is 2.27. The van der Waals surface area contributed by atoms with Gasteiger partial charge < -0.3 is 26.4 Å². The van der Waals surface area contributed by atoms with Crippen LogP contribution in [0.3, 0.4) is 0 Å². The lowest BCUT2D eigenvalue weighted by molar-refractivity contribution is -0.118. The number of amides is 2. The largest absolute Gasteiger partial charge is 0.397 e. The number of fused-ring (bicyclic) bond motifs is 2. The van der Waals surface area contributed by atoms with Gasteiger partial charge in [0.1, 0.15) is 6.04 Å². The Hall–Kier alpha value is -4.49. The normalized spacial score (nSPS) is 18.9. The van der Waals surface area contributed by atoms with E-state index in [9.17, 15) is 9.59 Å². The Bertz CT molecular complexity index is 1410. The number of hydrogen-bond donors (Lipinski definition) is 4. The molecule has 0 radical (unpaired) electrons. The van der Waals surface area contributed by atoms with Gasteiger partial charge >= 0.3 is 0 Å². The van der Waals surface area contributed by atoms with Crippen molar-refractivity contribution < 1.29 is 14.3 Å². The summed E-state index contributed by atoms with van der Waals surface area (Å²) in [4.78, 5) is 28.1. The molecule has 40 heavy (non-hydrogen) atoms. The topological polar surface area (TPSA) is 133 Å². The summed E-state index contributed by atoms with van der Waals surface area (Å²) in [6, 6.07) is 23.3. The van der Waals surface area contributed by atoms with Gasteiger partial charge in [0.25, 0.3) is 0 Å². The lowest BCUT2D eigenvalue weighted by Gasteiger charge is -2.27. The third-order valence-corrected chi connectivity index (χ3v) is 7.22. The Morgan fingerprint density at radius 2 is 1.85 bits per heavy atom. The van der Waals surface area contributed by atoms with Gasteiger partial charge in [-0.3, -0.25) is 14.5 Å². The van der Waals surface area contributed by atoms with Crippen molar-refractivity contribution in [2.75, 3.05) is 42.6 Å². The number of nitrogen functional groups attached to an aromatic ring is 1. The van der Waals surface area contributed by atoms with Crippen LogP contribution in [0.4, 0.5) is 17.1 Å². The van der Waals surface area contributed by atoms with E-state index in [-0.39, 0.29) is 11.8 Å². The Kier molecular flexibility index (Phi) is 8.52. The summed E-state index contributed by atoms with van der Waals surface area (Å²) < 4.78 is 5.70. The molecule has 204 valence electrons. The number of nitrogens with two attached hydrogens (primary N) is 1. The smallest absolute Gasteiger partial charge is 0.248 e. The average Bonchev–Trinajstić information content (AvgIpc) is 3.60. The van der Waals surface area contributed by atoms with Crippen LogP contribution in [0, 0.1) is 11.3 Å². The van der Waals surface area contributed by atoms with Gasteiger partial charge in [-0.1, -0.05) is 36.4 Å². The van der Waals surface area contributed by atoms with E-state index in [0.717, 1.165) is 37.2 Å². The first kappa shape index (κ1) is 27.1. The molecule has 0 aromatic heterocycles. The van der Waals surface area contributed by atoms with Gasteiger partial charge in [0.15, 0.2) is 0 Å². The fraction of sp³-hybridized carbons (Fsp3) is 0.258. The van der Waals surface area contributed by atoms with Crippen LogP contribution in [0.1, 0.15) is 29.2 Å². The quantitative estimate of drug-likeness (QED) is 0.230. The lowest BCUT2D eigenvalue weighted by Crippen LogP contribution is -2.43. The summed E-state index contributed by atoms with van der Waals surface area (Å²) in [5.74, 6) is -0.483. The van der Waals surface area contributed by atoms with Crippen molar-refractivity contribution in [1.29, 1.82) is 5.26 Å². The molecule has 2 aliphatic rings. The Morgan fingerprint density at radius 1 is 1.07 bits per heavy atom. The zero-order chi connectivity index (χ0) is 27.9. The van der Waals surface area contributed by atoms with Gasteiger partial charge in [-0.2, -0.15) is 5.26 Å². The molecule has 2 heterocycles. The second-order valence-corrected chi connectivity index (χ2v) is 9.98. The highest BCUT2D eigenvalue weighted by Gasteiger charge is 2.38. The van der Waals surface area contributed by atoms with Crippen molar-refractivity contribution >= 4 is 35.0 Å². The van der Waals surface area contributed by atoms with Crippen LogP contribution in [-0.2, 0) is 14.3 Å². The minimum absolute atomic E-state index is 0.195. The van der Waals surface area contributed by atoms with E-state index in [1.807, 2.05) is 24.3 Å². The minimum atomic E-state index is -0.589. The van der Waals surface area contributed by atoms with Crippen molar-refractivity contribution in [2.45, 2.75) is 24.6 Å². The molecule has 3 aromatic carbocycles. The maximum Gasteiger partial charge on any atom is 0.248 e. The van der Waals surface area contributed by atoms with Crippen LogP contribution in [0.2, 0.25) is 0 Å². The first-order valence-electron chi connectivity index (χ1n) is 13.3. The molecule has 9 heteroatoms. The van der Waals surface area contributed by atoms with Crippen LogP contribution in [0.5, 0.6) is 0 Å². The maximum absolute atomic E-state index is 13.4. The number of benzene rings is 3. The first-order chi connectivity index (χ1) is 19.5. The molecule has 2 bridgehead atoms. The number of rotatable bonds is 10. The van der Waals surface area contributed by atoms with Crippen molar-refractivity contribution in [1.82, 2.24) is 10.2 Å². The molecule has 2 fully saturated rings. The number of carbonyl (C=O) groups is 2. The molecule has 2 aliphatic heterocycles. The molecule has 5 N–H and O–H groups in total. The Balaban J connectivity index is 1.24. The van der Waals surface area contributed by atoms with Gasteiger partial charge in [0, 0.05) is 37.4 Å². The van der Waals surface area contributed by atoms with Crippen LogP contribution in [0.15, 0.2) is 78.9 Å². The summed E-state index contributed by atoms with van der Waals surface area (Å²) in [6.07, 6.45) is 4.56. The van der Waals surface area contributed by atoms with E-state index in [1.54, 1.807) is 54.6 Å². The number of nitriles is 1. The number of morpholine rings is 1. The van der Waals surface area contributed by atoms with Crippen molar-refractivity contribution in [3.05, 3.63) is 95.6 Å². The van der Waals surface area contributed by atoms with Crippen LogP contribution >= 0.6 is 0 Å². The molecule has 3 aromatic rings. The Labute approximate surface area is 233 Å². The lowest BCUT2D eigenvalue weighted by atomic mass is 10.0. The SMILES string of the molecule is N#Cc1ccc(NC(=O)C(NCCN2CC3CC2CO3)c2ccc(C=CC(=O)Nc3ccccc3N)cc2)cc1. The highest BCUT2D eigenvalue weighted by molar-refractivity contribution is 6.03.